The monoisotopic (exact) mass is 488 g/mol. The quantitative estimate of drug-likeness (QED) is 0.332. The molecule has 5 nitrogen and oxygen atoms in total. The third kappa shape index (κ3) is 9.47. The number of rotatable bonds is 10. The molecule has 0 saturated carbocycles. The van der Waals surface area contributed by atoms with Crippen molar-refractivity contribution in [1.82, 2.24) is 0 Å². The van der Waals surface area contributed by atoms with Crippen LogP contribution < -0.4 is 0 Å². The molecule has 1 saturated heterocycles. The fourth-order valence-corrected chi connectivity index (χ4v) is 4.22. The van der Waals surface area contributed by atoms with E-state index in [0.717, 1.165) is 12.0 Å². The molecule has 6 heteroatoms. The molecular formula is C29H41FO5. The van der Waals surface area contributed by atoms with Gasteiger partial charge in [-0.15, -0.1) is 0 Å². The Morgan fingerprint density at radius 3 is 2.74 bits per heavy atom. The maximum absolute atomic E-state index is 14.7. The van der Waals surface area contributed by atoms with Crippen LogP contribution in [0.15, 0.2) is 65.8 Å². The van der Waals surface area contributed by atoms with Gasteiger partial charge in [0.2, 0.25) is 0 Å². The molecule has 4 unspecified atom stereocenters. The molecular weight excluding hydrogens is 447 g/mol. The number of hydrogen-bond acceptors (Lipinski definition) is 5. The molecule has 4 atom stereocenters. The predicted molar refractivity (Wildman–Crippen MR) is 137 cm³/mol. The Labute approximate surface area is 209 Å². The van der Waals surface area contributed by atoms with E-state index in [4.69, 9.17) is 14.2 Å². The number of halogens is 1. The van der Waals surface area contributed by atoms with Crippen molar-refractivity contribution in [3.63, 3.8) is 0 Å². The highest BCUT2D eigenvalue weighted by molar-refractivity contribution is 5.37. The minimum Gasteiger partial charge on any atom is -0.394 e. The zero-order valence-electron chi connectivity index (χ0n) is 21.5. The van der Waals surface area contributed by atoms with E-state index in [1.54, 1.807) is 13.2 Å². The van der Waals surface area contributed by atoms with Crippen molar-refractivity contribution < 1.29 is 28.8 Å². The zero-order valence-corrected chi connectivity index (χ0v) is 21.5. The largest absolute Gasteiger partial charge is 0.394 e. The Hall–Kier alpha value is -2.09. The maximum atomic E-state index is 14.7. The van der Waals surface area contributed by atoms with E-state index in [2.05, 4.69) is 25.2 Å². The van der Waals surface area contributed by atoms with E-state index >= 15 is 0 Å². The third-order valence-electron chi connectivity index (χ3n) is 6.00. The number of methoxy groups -OCH3 is 1. The van der Waals surface area contributed by atoms with Gasteiger partial charge < -0.3 is 24.4 Å². The minimum atomic E-state index is -0.623. The summed E-state index contributed by atoms with van der Waals surface area (Å²) in [4.78, 5) is 0. The molecule has 3 rings (SSSR count). The van der Waals surface area contributed by atoms with Crippen LogP contribution in [0.5, 0.6) is 0 Å². The molecule has 1 aliphatic heterocycles. The number of hydrogen-bond donors (Lipinski definition) is 2. The molecule has 2 aliphatic rings. The van der Waals surface area contributed by atoms with Gasteiger partial charge in [0, 0.05) is 25.5 Å². The first-order valence-corrected chi connectivity index (χ1v) is 12.5. The first kappa shape index (κ1) is 29.1. The van der Waals surface area contributed by atoms with Crippen LogP contribution in [-0.2, 0) is 20.6 Å². The van der Waals surface area contributed by atoms with Gasteiger partial charge in [-0.05, 0) is 42.0 Å². The molecule has 0 amide bonds. The Morgan fingerprint density at radius 2 is 2.00 bits per heavy atom. The Bertz CT molecular complexity index is 889. The van der Waals surface area contributed by atoms with Crippen LogP contribution in [-0.4, -0.2) is 49.5 Å². The normalized spacial score (nSPS) is 24.4. The highest BCUT2D eigenvalue weighted by atomic mass is 19.1. The Balaban J connectivity index is 0.00000210. The van der Waals surface area contributed by atoms with Gasteiger partial charge in [-0.1, -0.05) is 68.9 Å². The van der Waals surface area contributed by atoms with Gasteiger partial charge in [-0.2, -0.15) is 0 Å². The van der Waals surface area contributed by atoms with Gasteiger partial charge in [0.1, 0.15) is 12.6 Å². The fraction of sp³-hybridized carbons (Fsp3) is 0.517. The average Bonchev–Trinajstić information content (AvgIpc) is 3.07. The van der Waals surface area contributed by atoms with E-state index in [1.807, 2.05) is 38.1 Å². The molecule has 1 heterocycles. The average molecular weight is 489 g/mol. The highest BCUT2D eigenvalue weighted by Gasteiger charge is 2.30. The molecule has 1 aromatic rings. The van der Waals surface area contributed by atoms with Gasteiger partial charge in [0.25, 0.3) is 0 Å². The standard InChI is InChI=1S/C27H35FO5.C2H6/c1-19-6-4-3-5-7-22(19)13-21(10-11-32-18-31-2)12-20-8-9-26(28)25(14-20)27-16-23(30)15-24(17-29)33-27;1-2/h3-9,13-14,19,23-24,27,29-30H,10-12,15-18H2,1-2H3;1-2H3/b21-13+;. The van der Waals surface area contributed by atoms with E-state index in [1.165, 1.54) is 17.2 Å². The minimum absolute atomic E-state index is 0.195. The molecule has 1 fully saturated rings. The molecule has 194 valence electrons. The highest BCUT2D eigenvalue weighted by Crippen LogP contribution is 2.34. The third-order valence-corrected chi connectivity index (χ3v) is 6.00. The lowest BCUT2D eigenvalue weighted by Crippen LogP contribution is -2.33. The van der Waals surface area contributed by atoms with Crippen molar-refractivity contribution in [2.24, 2.45) is 5.92 Å². The van der Waals surface area contributed by atoms with E-state index in [0.29, 0.717) is 31.4 Å². The van der Waals surface area contributed by atoms with Gasteiger partial charge in [-0.25, -0.2) is 4.39 Å². The number of aliphatic hydroxyl groups excluding tert-OH is 2. The van der Waals surface area contributed by atoms with Gasteiger partial charge in [0.15, 0.2) is 0 Å². The Morgan fingerprint density at radius 1 is 1.20 bits per heavy atom. The van der Waals surface area contributed by atoms with E-state index in [-0.39, 0.29) is 25.1 Å². The van der Waals surface area contributed by atoms with Crippen molar-refractivity contribution in [2.75, 3.05) is 27.1 Å². The number of aliphatic hydroxyl groups is 2. The van der Waals surface area contributed by atoms with Gasteiger partial charge >= 0.3 is 0 Å². The molecule has 0 bridgehead atoms. The predicted octanol–water partition coefficient (Wildman–Crippen LogP) is 5.59. The summed E-state index contributed by atoms with van der Waals surface area (Å²) in [5.74, 6) is -0.0786. The summed E-state index contributed by atoms with van der Waals surface area (Å²) < 4.78 is 31.1. The van der Waals surface area contributed by atoms with Crippen LogP contribution in [0, 0.1) is 11.7 Å². The van der Waals surface area contributed by atoms with Crippen LogP contribution in [0.4, 0.5) is 4.39 Å². The van der Waals surface area contributed by atoms with Gasteiger partial charge in [0.05, 0.1) is 31.5 Å². The number of allylic oxidation sites excluding steroid dienone is 7. The molecule has 1 aliphatic carbocycles. The molecule has 0 radical (unpaired) electrons. The van der Waals surface area contributed by atoms with Crippen molar-refractivity contribution in [3.8, 4) is 0 Å². The van der Waals surface area contributed by atoms with E-state index in [9.17, 15) is 14.6 Å². The molecule has 0 aromatic heterocycles. The number of ether oxygens (including phenoxy) is 3. The molecule has 1 aromatic carbocycles. The topological polar surface area (TPSA) is 68.2 Å². The first-order valence-electron chi connectivity index (χ1n) is 12.5. The van der Waals surface area contributed by atoms with Crippen LogP contribution >= 0.6 is 0 Å². The second-order valence-electron chi connectivity index (χ2n) is 8.68. The summed E-state index contributed by atoms with van der Waals surface area (Å²) in [5.41, 5.74) is 3.76. The van der Waals surface area contributed by atoms with Crippen molar-refractivity contribution in [3.05, 3.63) is 82.7 Å². The summed E-state index contributed by atoms with van der Waals surface area (Å²) >= 11 is 0. The molecule has 35 heavy (non-hydrogen) atoms. The lowest BCUT2D eigenvalue weighted by molar-refractivity contribution is -0.114. The Kier molecular flexibility index (Phi) is 13.2. The van der Waals surface area contributed by atoms with E-state index < -0.39 is 18.3 Å². The molecule has 2 N–H and O–H groups in total. The van der Waals surface area contributed by atoms with Crippen LogP contribution in [0.25, 0.3) is 0 Å². The number of benzene rings is 1. The second kappa shape index (κ2) is 15.8. The lowest BCUT2D eigenvalue weighted by Gasteiger charge is -2.32. The zero-order chi connectivity index (χ0) is 25.6. The molecule has 0 spiro atoms. The van der Waals surface area contributed by atoms with Crippen molar-refractivity contribution in [1.29, 1.82) is 0 Å². The second-order valence-corrected chi connectivity index (χ2v) is 8.68. The first-order chi connectivity index (χ1) is 17.0. The summed E-state index contributed by atoms with van der Waals surface area (Å²) in [6.07, 6.45) is 12.9. The SMILES string of the molecule is CC.COCOCC/C(=C\C1=CC=CC=CC1C)Cc1ccc(F)c(C2CC(O)CC(CO)O2)c1. The summed E-state index contributed by atoms with van der Waals surface area (Å²) in [7, 11) is 1.60. The van der Waals surface area contributed by atoms with Crippen molar-refractivity contribution >= 4 is 0 Å². The summed E-state index contributed by atoms with van der Waals surface area (Å²) in [6, 6.07) is 5.07. The summed E-state index contributed by atoms with van der Waals surface area (Å²) in [6.45, 7) is 6.73. The lowest BCUT2D eigenvalue weighted by atomic mass is 9.91. The van der Waals surface area contributed by atoms with Crippen LogP contribution in [0.1, 0.15) is 57.3 Å². The van der Waals surface area contributed by atoms with Crippen LogP contribution in [0.3, 0.4) is 0 Å². The van der Waals surface area contributed by atoms with Crippen molar-refractivity contribution in [2.45, 2.75) is 64.8 Å². The maximum Gasteiger partial charge on any atom is 0.146 e. The van der Waals surface area contributed by atoms with Gasteiger partial charge in [-0.3, -0.25) is 0 Å². The summed E-state index contributed by atoms with van der Waals surface area (Å²) in [5, 5.41) is 19.6. The smallest absolute Gasteiger partial charge is 0.146 e. The fourth-order valence-electron chi connectivity index (χ4n) is 4.22. The van der Waals surface area contributed by atoms with Crippen LogP contribution in [0.2, 0.25) is 0 Å².